The van der Waals surface area contributed by atoms with Gasteiger partial charge in [-0.15, -0.1) is 0 Å². The zero-order chi connectivity index (χ0) is 13.3. The zero-order valence-corrected chi connectivity index (χ0v) is 11.4. The van der Waals surface area contributed by atoms with Gasteiger partial charge in [0, 0.05) is 0 Å². The Morgan fingerprint density at radius 1 is 0.944 bits per heavy atom. The van der Waals surface area contributed by atoms with Crippen LogP contribution in [0.2, 0.25) is 0 Å². The summed E-state index contributed by atoms with van der Waals surface area (Å²) in [7, 11) is 0.891. The van der Waals surface area contributed by atoms with E-state index in [4.69, 9.17) is 10.2 Å². The van der Waals surface area contributed by atoms with Gasteiger partial charge in [0.05, 0.1) is 18.6 Å². The Bertz CT molecular complexity index is 510. The molecule has 4 N–H and O–H groups in total. The summed E-state index contributed by atoms with van der Waals surface area (Å²) in [6.07, 6.45) is 0. The van der Waals surface area contributed by atoms with Gasteiger partial charge in [-0.3, -0.25) is 0 Å². The molecular formula is C9H7NaO8. The minimum absolute atomic E-state index is 0. The number of ether oxygens (including phenoxy) is 1. The Labute approximate surface area is 122 Å². The third kappa shape index (κ3) is 2.45. The molecule has 0 aromatic heterocycles. The fraction of sp³-hybridized carbons (Fsp3) is 0.111. The molecule has 0 aliphatic rings. The maximum atomic E-state index is 11.2. The zero-order valence-electron chi connectivity index (χ0n) is 9.42. The Hall–Kier alpha value is -1.64. The second kappa shape index (κ2) is 5.80. The monoisotopic (exact) mass is 266 g/mol. The molecule has 0 heterocycles. The molecule has 1 aromatic rings. The third-order valence-corrected chi connectivity index (χ3v) is 1.99. The molecule has 0 bridgehead atoms. The molecule has 0 amide bonds. The molecule has 0 fully saturated rings. The van der Waals surface area contributed by atoms with Crippen molar-refractivity contribution in [2.75, 3.05) is 7.11 Å². The van der Waals surface area contributed by atoms with Crippen LogP contribution in [0.4, 0.5) is 0 Å². The maximum absolute atomic E-state index is 11.2. The van der Waals surface area contributed by atoms with E-state index in [1.165, 1.54) is 0 Å². The Morgan fingerprint density at radius 3 is 1.67 bits per heavy atom. The molecule has 8 nitrogen and oxygen atoms in total. The van der Waals surface area contributed by atoms with Gasteiger partial charge in [0.15, 0.2) is 11.5 Å². The number of methoxy groups -OCH3 is 1. The third-order valence-electron chi connectivity index (χ3n) is 1.99. The number of rotatable bonds is 2. The number of phenols is 4. The molecule has 0 saturated carbocycles. The molecule has 18 heavy (non-hydrogen) atoms. The first-order valence-electron chi connectivity index (χ1n) is 4.12. The number of carbonyl (C=O) groups excluding carboxylic acids is 2. The molecule has 0 saturated heterocycles. The summed E-state index contributed by atoms with van der Waals surface area (Å²) in [6.45, 7) is 0. The first-order valence-corrected chi connectivity index (χ1v) is 4.12. The summed E-state index contributed by atoms with van der Waals surface area (Å²) >= 11 is 0. The second-order valence-electron chi connectivity index (χ2n) is 2.92. The van der Waals surface area contributed by atoms with Crippen molar-refractivity contribution in [3.63, 3.8) is 0 Å². The van der Waals surface area contributed by atoms with Gasteiger partial charge >= 0.3 is 35.5 Å². The van der Waals surface area contributed by atoms with Gasteiger partial charge in [0.25, 0.3) is 0 Å². The molecule has 0 aliphatic heterocycles. The number of aromatic carboxylic acids is 1. The number of carbonyl (C=O) groups is 2. The van der Waals surface area contributed by atoms with Gasteiger partial charge in [-0.25, -0.2) is 4.79 Å². The van der Waals surface area contributed by atoms with Crippen LogP contribution in [0.3, 0.4) is 0 Å². The van der Waals surface area contributed by atoms with E-state index in [1.54, 1.807) is 0 Å². The predicted octanol–water partition coefficient (Wildman–Crippen LogP) is -4.34. The van der Waals surface area contributed by atoms with Crippen LogP contribution in [-0.4, -0.2) is 39.5 Å². The summed E-state index contributed by atoms with van der Waals surface area (Å²) in [5.41, 5.74) is -2.19. The Morgan fingerprint density at radius 2 is 1.33 bits per heavy atom. The van der Waals surface area contributed by atoms with Gasteiger partial charge in [0.1, 0.15) is 5.56 Å². The van der Waals surface area contributed by atoms with Crippen molar-refractivity contribution in [2.24, 2.45) is 0 Å². The molecule has 1 rings (SSSR count). The van der Waals surface area contributed by atoms with Crippen LogP contribution in [0.15, 0.2) is 0 Å². The number of aromatic hydroxyl groups is 4. The van der Waals surface area contributed by atoms with E-state index in [1.807, 2.05) is 0 Å². The van der Waals surface area contributed by atoms with Crippen LogP contribution >= 0.6 is 0 Å². The smallest absolute Gasteiger partial charge is 0.545 e. The van der Waals surface area contributed by atoms with Gasteiger partial charge in [-0.2, -0.15) is 0 Å². The van der Waals surface area contributed by atoms with Crippen molar-refractivity contribution in [1.29, 1.82) is 0 Å². The largest absolute Gasteiger partial charge is 1.00 e. The fourth-order valence-electron chi connectivity index (χ4n) is 1.20. The predicted molar refractivity (Wildman–Crippen MR) is 48.8 cm³/mol. The fourth-order valence-corrected chi connectivity index (χ4v) is 1.20. The quantitative estimate of drug-likeness (QED) is 0.182. The number of carboxylic acids is 1. The standard InChI is InChI=1S/C9H8O8.Na/c1-17-9(16)3-2(8(14)15)4(10)6(12)7(13)5(3)11;/h10-13H,1H3,(H,14,15);/q;+1/p-1. The molecule has 0 aliphatic carbocycles. The average molecular weight is 266 g/mol. The van der Waals surface area contributed by atoms with Gasteiger partial charge in [-0.1, -0.05) is 0 Å². The second-order valence-corrected chi connectivity index (χ2v) is 2.92. The normalized spacial score (nSPS) is 9.39. The first kappa shape index (κ1) is 16.4. The van der Waals surface area contributed by atoms with Crippen molar-refractivity contribution in [3.05, 3.63) is 11.1 Å². The molecule has 1 aromatic carbocycles. The van der Waals surface area contributed by atoms with Crippen molar-refractivity contribution in [2.45, 2.75) is 0 Å². The molecule has 0 atom stereocenters. The maximum Gasteiger partial charge on any atom is 1.00 e. The molecule has 0 unspecified atom stereocenters. The molecule has 9 heteroatoms. The van der Waals surface area contributed by atoms with E-state index in [0.717, 1.165) is 7.11 Å². The summed E-state index contributed by atoms with van der Waals surface area (Å²) < 4.78 is 4.16. The van der Waals surface area contributed by atoms with Crippen LogP contribution in [0, 0.1) is 0 Å². The van der Waals surface area contributed by atoms with Crippen molar-refractivity contribution < 1.29 is 69.4 Å². The van der Waals surface area contributed by atoms with Gasteiger partial charge in [-0.05, 0) is 0 Å². The van der Waals surface area contributed by atoms with Gasteiger partial charge < -0.3 is 35.1 Å². The summed E-state index contributed by atoms with van der Waals surface area (Å²) in [4.78, 5) is 21.9. The van der Waals surface area contributed by atoms with Crippen LogP contribution in [0.5, 0.6) is 23.0 Å². The average Bonchev–Trinajstić information content (AvgIpc) is 2.29. The van der Waals surface area contributed by atoms with Crippen molar-refractivity contribution in [1.82, 2.24) is 0 Å². The SMILES string of the molecule is COC(=O)c1c(O)c(O)c(O)c(O)c1C(=O)[O-].[Na+]. The first-order chi connectivity index (χ1) is 7.82. The van der Waals surface area contributed by atoms with E-state index in [-0.39, 0.29) is 29.6 Å². The minimum atomic E-state index is -2.03. The number of carboxylic acid groups (broad SMARTS) is 1. The number of hydrogen-bond donors (Lipinski definition) is 4. The van der Waals surface area contributed by atoms with E-state index in [9.17, 15) is 24.9 Å². The van der Waals surface area contributed by atoms with E-state index in [0.29, 0.717) is 0 Å². The topological polar surface area (TPSA) is 147 Å². The Kier molecular flexibility index (Phi) is 5.28. The van der Waals surface area contributed by atoms with Crippen molar-refractivity contribution in [3.8, 4) is 23.0 Å². The van der Waals surface area contributed by atoms with E-state index < -0.39 is 46.1 Å². The molecule has 0 spiro atoms. The van der Waals surface area contributed by atoms with Gasteiger partial charge in [0.2, 0.25) is 11.5 Å². The van der Waals surface area contributed by atoms with E-state index >= 15 is 0 Å². The summed E-state index contributed by atoms with van der Waals surface area (Å²) in [5.74, 6) is -8.42. The molecule has 92 valence electrons. The van der Waals surface area contributed by atoms with Crippen LogP contribution < -0.4 is 34.7 Å². The minimum Gasteiger partial charge on any atom is -0.545 e. The van der Waals surface area contributed by atoms with Crippen LogP contribution in [0.25, 0.3) is 0 Å². The number of hydrogen-bond acceptors (Lipinski definition) is 8. The van der Waals surface area contributed by atoms with Crippen molar-refractivity contribution >= 4 is 11.9 Å². The number of benzene rings is 1. The number of phenolic OH excluding ortho intramolecular Hbond substituents is 3. The van der Waals surface area contributed by atoms with E-state index in [2.05, 4.69) is 4.74 Å². The summed E-state index contributed by atoms with van der Waals surface area (Å²) in [5, 5.41) is 47.5. The molecular weight excluding hydrogens is 259 g/mol. The Balaban J connectivity index is 0.00000289. The molecule has 0 radical (unpaired) electrons. The van der Waals surface area contributed by atoms with Crippen LogP contribution in [-0.2, 0) is 4.74 Å². The van der Waals surface area contributed by atoms with Crippen LogP contribution in [0.1, 0.15) is 20.7 Å². The summed E-state index contributed by atoms with van der Waals surface area (Å²) in [6, 6.07) is 0. The number of esters is 1.